The zero-order valence-electron chi connectivity index (χ0n) is 16.2. The van der Waals surface area contributed by atoms with Crippen molar-refractivity contribution in [1.82, 2.24) is 4.57 Å². The van der Waals surface area contributed by atoms with E-state index < -0.39 is 0 Å². The van der Waals surface area contributed by atoms with Crippen molar-refractivity contribution in [3.63, 3.8) is 0 Å². The predicted molar refractivity (Wildman–Crippen MR) is 109 cm³/mol. The number of halogens is 1. The first-order chi connectivity index (χ1) is 13.0. The van der Waals surface area contributed by atoms with E-state index in [2.05, 4.69) is 62.6 Å². The third kappa shape index (κ3) is 3.57. The number of para-hydroxylation sites is 1. The molecule has 0 unspecified atom stereocenters. The highest BCUT2D eigenvalue weighted by Gasteiger charge is 2.15. The van der Waals surface area contributed by atoms with Crippen molar-refractivity contribution in [2.24, 2.45) is 0 Å². The summed E-state index contributed by atoms with van der Waals surface area (Å²) in [5.41, 5.74) is 8.20. The second-order valence-corrected chi connectivity index (χ2v) is 6.77. The number of hydrogen-bond donors (Lipinski definition) is 0. The average Bonchev–Trinajstić information content (AvgIpc) is 2.93. The van der Waals surface area contributed by atoms with Crippen LogP contribution in [0.5, 0.6) is 0 Å². The van der Waals surface area contributed by atoms with Crippen molar-refractivity contribution in [3.05, 3.63) is 88.0 Å². The number of benzene rings is 2. The molecule has 27 heavy (non-hydrogen) atoms. The van der Waals surface area contributed by atoms with Gasteiger partial charge in [-0.3, -0.25) is 0 Å². The molecule has 0 atom stereocenters. The summed E-state index contributed by atoms with van der Waals surface area (Å²) in [6.45, 7) is 8.45. The zero-order chi connectivity index (χ0) is 19.6. The lowest BCUT2D eigenvalue weighted by molar-refractivity contribution is 0.627. The Morgan fingerprint density at radius 2 is 1.81 bits per heavy atom. The van der Waals surface area contributed by atoms with Crippen molar-refractivity contribution in [2.45, 2.75) is 34.1 Å². The highest BCUT2D eigenvalue weighted by atomic mass is 19.1. The predicted octanol–water partition coefficient (Wildman–Crippen LogP) is 6.17. The second kappa shape index (κ2) is 7.63. The third-order valence-electron chi connectivity index (χ3n) is 4.97. The van der Waals surface area contributed by atoms with Gasteiger partial charge in [-0.1, -0.05) is 37.3 Å². The normalized spacial score (nSPS) is 11.5. The molecule has 0 radical (unpaired) electrons. The van der Waals surface area contributed by atoms with E-state index in [1.54, 1.807) is 12.1 Å². The Morgan fingerprint density at radius 1 is 1.11 bits per heavy atom. The van der Waals surface area contributed by atoms with Gasteiger partial charge in [0.2, 0.25) is 0 Å². The van der Waals surface area contributed by atoms with Crippen LogP contribution in [0.3, 0.4) is 0 Å². The molecule has 2 nitrogen and oxygen atoms in total. The van der Waals surface area contributed by atoms with Crippen molar-refractivity contribution < 1.29 is 4.39 Å². The fourth-order valence-corrected chi connectivity index (χ4v) is 3.57. The van der Waals surface area contributed by atoms with Gasteiger partial charge in [-0.25, -0.2) is 4.39 Å². The first kappa shape index (κ1) is 18.7. The third-order valence-corrected chi connectivity index (χ3v) is 4.97. The number of nitrogens with zero attached hydrogens (tertiary/aromatic N) is 2. The molecule has 3 rings (SSSR count). The Labute approximate surface area is 160 Å². The Bertz CT molecular complexity index is 1050. The Kier molecular flexibility index (Phi) is 5.28. The minimum absolute atomic E-state index is 0.305. The first-order valence-corrected chi connectivity index (χ1v) is 9.11. The number of nitriles is 1. The molecule has 1 heterocycles. The fourth-order valence-electron chi connectivity index (χ4n) is 3.57. The lowest BCUT2D eigenvalue weighted by atomic mass is 10.0. The number of allylic oxidation sites excluding steroid dienone is 1. The lowest BCUT2D eigenvalue weighted by Gasteiger charge is -2.17. The molecular weight excluding hydrogens is 335 g/mol. The van der Waals surface area contributed by atoms with Crippen LogP contribution >= 0.6 is 0 Å². The fraction of sp³-hybridized carbons (Fsp3) is 0.208. The number of rotatable bonds is 4. The van der Waals surface area contributed by atoms with E-state index in [-0.39, 0.29) is 5.82 Å². The molecular formula is C24H23FN2. The van der Waals surface area contributed by atoms with Crippen LogP contribution in [0.4, 0.5) is 4.39 Å². The highest BCUT2D eigenvalue weighted by molar-refractivity contribution is 5.90. The van der Waals surface area contributed by atoms with Gasteiger partial charge >= 0.3 is 0 Å². The van der Waals surface area contributed by atoms with Gasteiger partial charge in [-0.15, -0.1) is 0 Å². The molecule has 0 bridgehead atoms. The quantitative estimate of drug-likeness (QED) is 0.513. The van der Waals surface area contributed by atoms with Gasteiger partial charge in [0.1, 0.15) is 5.82 Å². The van der Waals surface area contributed by atoms with Gasteiger partial charge in [-0.2, -0.15) is 5.26 Å². The zero-order valence-corrected chi connectivity index (χ0v) is 16.2. The molecule has 0 aliphatic rings. The van der Waals surface area contributed by atoms with Crippen LogP contribution in [0.2, 0.25) is 0 Å². The topological polar surface area (TPSA) is 28.7 Å². The minimum Gasteiger partial charge on any atom is -0.317 e. The molecule has 0 aliphatic carbocycles. The van der Waals surface area contributed by atoms with E-state index in [9.17, 15) is 9.65 Å². The molecule has 0 saturated carbocycles. The van der Waals surface area contributed by atoms with Gasteiger partial charge in [0, 0.05) is 11.4 Å². The molecule has 2 aromatic carbocycles. The Morgan fingerprint density at radius 3 is 2.44 bits per heavy atom. The van der Waals surface area contributed by atoms with Crippen LogP contribution in [-0.4, -0.2) is 4.57 Å². The molecule has 0 spiro atoms. The molecule has 3 heteroatoms. The van der Waals surface area contributed by atoms with Gasteiger partial charge in [-0.05, 0) is 73.7 Å². The molecule has 1 aromatic heterocycles. The van der Waals surface area contributed by atoms with Crippen molar-refractivity contribution in [1.29, 1.82) is 5.26 Å². The van der Waals surface area contributed by atoms with Gasteiger partial charge < -0.3 is 4.57 Å². The summed E-state index contributed by atoms with van der Waals surface area (Å²) in [5, 5.41) is 9.60. The maximum absolute atomic E-state index is 13.2. The van der Waals surface area contributed by atoms with Crippen molar-refractivity contribution in [3.8, 4) is 11.8 Å². The lowest BCUT2D eigenvalue weighted by Crippen LogP contribution is -2.05. The summed E-state index contributed by atoms with van der Waals surface area (Å²) in [6, 6.07) is 16.8. The summed E-state index contributed by atoms with van der Waals surface area (Å²) in [6.07, 6.45) is 2.84. The van der Waals surface area contributed by atoms with E-state index in [0.717, 1.165) is 23.4 Å². The Hall–Kier alpha value is -3.12. The molecule has 0 amide bonds. The number of aryl methyl sites for hydroxylation is 3. The van der Waals surface area contributed by atoms with E-state index in [0.29, 0.717) is 11.1 Å². The molecule has 3 aromatic rings. The van der Waals surface area contributed by atoms with Crippen molar-refractivity contribution >= 4 is 11.6 Å². The van der Waals surface area contributed by atoms with Gasteiger partial charge in [0.15, 0.2) is 0 Å². The monoisotopic (exact) mass is 358 g/mol. The van der Waals surface area contributed by atoms with E-state index >= 15 is 0 Å². The number of aromatic nitrogens is 1. The van der Waals surface area contributed by atoms with Crippen LogP contribution in [0, 0.1) is 37.9 Å². The SMILES string of the molecule is CCc1cccc(C)c1-n1c(C)cc(C=C(C#N)c2ccc(F)cc2)c1C. The standard InChI is InChI=1S/C24H23FN2/c1-5-19-8-6-7-16(2)24(19)27-17(3)13-21(18(27)4)14-22(15-26)20-9-11-23(25)12-10-20/h6-14H,5H2,1-4H3. The maximum atomic E-state index is 13.2. The molecule has 0 saturated heterocycles. The van der Waals surface area contributed by atoms with Crippen molar-refractivity contribution in [2.75, 3.05) is 0 Å². The average molecular weight is 358 g/mol. The van der Waals surface area contributed by atoms with Gasteiger partial charge in [0.25, 0.3) is 0 Å². The molecule has 0 N–H and O–H groups in total. The van der Waals surface area contributed by atoms with Crippen LogP contribution in [0.25, 0.3) is 17.3 Å². The van der Waals surface area contributed by atoms with Gasteiger partial charge in [0.05, 0.1) is 17.3 Å². The van der Waals surface area contributed by atoms with E-state index in [1.165, 1.54) is 28.9 Å². The van der Waals surface area contributed by atoms with Crippen LogP contribution < -0.4 is 0 Å². The summed E-state index contributed by atoms with van der Waals surface area (Å²) < 4.78 is 15.5. The second-order valence-electron chi connectivity index (χ2n) is 6.77. The molecule has 136 valence electrons. The highest BCUT2D eigenvalue weighted by Crippen LogP contribution is 2.29. The first-order valence-electron chi connectivity index (χ1n) is 9.11. The van der Waals surface area contributed by atoms with Crippen LogP contribution in [0.15, 0.2) is 48.5 Å². The summed E-state index contributed by atoms with van der Waals surface area (Å²) in [4.78, 5) is 0. The van der Waals surface area contributed by atoms with Crippen LogP contribution in [0.1, 0.15) is 40.6 Å². The summed E-state index contributed by atoms with van der Waals surface area (Å²) >= 11 is 0. The summed E-state index contributed by atoms with van der Waals surface area (Å²) in [5.74, 6) is -0.305. The van der Waals surface area contributed by atoms with E-state index in [1.807, 2.05) is 6.08 Å². The largest absolute Gasteiger partial charge is 0.317 e. The van der Waals surface area contributed by atoms with Crippen LogP contribution in [-0.2, 0) is 6.42 Å². The minimum atomic E-state index is -0.305. The summed E-state index contributed by atoms with van der Waals surface area (Å²) in [7, 11) is 0. The maximum Gasteiger partial charge on any atom is 0.123 e. The Balaban J connectivity index is 2.15. The number of hydrogen-bond acceptors (Lipinski definition) is 1. The smallest absolute Gasteiger partial charge is 0.123 e. The van der Waals surface area contributed by atoms with E-state index in [4.69, 9.17) is 0 Å². The molecule has 0 fully saturated rings. The molecule has 0 aliphatic heterocycles.